The van der Waals surface area contributed by atoms with E-state index in [4.69, 9.17) is 0 Å². The van der Waals surface area contributed by atoms with Crippen molar-refractivity contribution in [2.45, 2.75) is 46.2 Å². The number of aromatic nitrogens is 3. The lowest BCUT2D eigenvalue weighted by atomic mass is 9.99. The van der Waals surface area contributed by atoms with Crippen LogP contribution < -0.4 is 5.56 Å². The first-order valence-corrected chi connectivity index (χ1v) is 11.5. The summed E-state index contributed by atoms with van der Waals surface area (Å²) in [7, 11) is 0. The summed E-state index contributed by atoms with van der Waals surface area (Å²) in [6.45, 7) is 6.19. The fourth-order valence-electron chi connectivity index (χ4n) is 4.95. The average molecular weight is 441 g/mol. The quantitative estimate of drug-likeness (QED) is 0.468. The lowest BCUT2D eigenvalue weighted by Gasteiger charge is -2.29. The molecule has 6 nitrogen and oxygen atoms in total. The number of hydrogen-bond donors (Lipinski definition) is 0. The molecule has 1 aliphatic rings. The van der Waals surface area contributed by atoms with E-state index in [2.05, 4.69) is 27.9 Å². The normalized spacial score (nSPS) is 13.3. The van der Waals surface area contributed by atoms with Gasteiger partial charge in [0.1, 0.15) is 0 Å². The highest BCUT2D eigenvalue weighted by atomic mass is 16.2. The molecule has 3 heterocycles. The number of fused-ring (bicyclic) bond motifs is 2. The zero-order chi connectivity index (χ0) is 22.9. The smallest absolute Gasteiger partial charge is 0.281 e. The van der Waals surface area contributed by atoms with Gasteiger partial charge in [-0.2, -0.15) is 9.78 Å². The van der Waals surface area contributed by atoms with Crippen LogP contribution in [-0.4, -0.2) is 31.7 Å². The Morgan fingerprint density at radius 2 is 1.70 bits per heavy atom. The Morgan fingerprint density at radius 1 is 0.970 bits per heavy atom. The van der Waals surface area contributed by atoms with Crippen LogP contribution in [0.3, 0.4) is 0 Å². The van der Waals surface area contributed by atoms with E-state index in [1.54, 1.807) is 6.20 Å². The molecule has 0 radical (unpaired) electrons. The minimum atomic E-state index is -0.110. The molecule has 5 rings (SSSR count). The highest BCUT2D eigenvalue weighted by Crippen LogP contribution is 2.24. The summed E-state index contributed by atoms with van der Waals surface area (Å²) < 4.78 is 3.61. The zero-order valence-electron chi connectivity index (χ0n) is 19.1. The van der Waals surface area contributed by atoms with Gasteiger partial charge in [-0.05, 0) is 49.9 Å². The second-order valence-electron chi connectivity index (χ2n) is 8.75. The van der Waals surface area contributed by atoms with Crippen LogP contribution in [0.1, 0.15) is 35.4 Å². The number of benzene rings is 2. The number of para-hydroxylation sites is 1. The van der Waals surface area contributed by atoms with Gasteiger partial charge in [0, 0.05) is 42.8 Å². The van der Waals surface area contributed by atoms with Crippen molar-refractivity contribution < 1.29 is 4.79 Å². The molecule has 1 aliphatic heterocycles. The Kier molecular flexibility index (Phi) is 5.58. The number of rotatable bonds is 5. The summed E-state index contributed by atoms with van der Waals surface area (Å²) in [5, 5.41) is 5.99. The maximum Gasteiger partial charge on any atom is 0.281 e. The minimum absolute atomic E-state index is 0.110. The molecule has 6 heteroatoms. The van der Waals surface area contributed by atoms with Gasteiger partial charge < -0.3 is 9.47 Å². The van der Waals surface area contributed by atoms with E-state index in [-0.39, 0.29) is 11.5 Å². The Bertz CT molecular complexity index is 1380. The van der Waals surface area contributed by atoms with Crippen molar-refractivity contribution in [1.82, 2.24) is 19.2 Å². The molecule has 0 N–H and O–H groups in total. The Hall–Kier alpha value is -3.67. The fourth-order valence-corrected chi connectivity index (χ4v) is 4.95. The number of aryl methyl sites for hydroxylation is 2. The third-order valence-corrected chi connectivity index (χ3v) is 6.80. The number of carbonyl (C=O) groups is 1. The van der Waals surface area contributed by atoms with E-state index in [0.717, 1.165) is 41.8 Å². The molecule has 2 aromatic carbocycles. The minimum Gasteiger partial charge on any atom is -0.348 e. The summed E-state index contributed by atoms with van der Waals surface area (Å²) >= 11 is 0. The highest BCUT2D eigenvalue weighted by molar-refractivity contribution is 5.87. The standard InChI is InChI=1S/C27H28N4O2/c1-19-24-17-28-31(23-11-4-3-5-12-23)27(33)26(24)20(2)30(19)15-8-13-25(32)29-16-14-21-9-6-7-10-22(21)18-29/h3-7,9-12,17H,8,13-16,18H2,1-2H3. The van der Waals surface area contributed by atoms with Gasteiger partial charge in [-0.25, -0.2) is 0 Å². The highest BCUT2D eigenvalue weighted by Gasteiger charge is 2.21. The van der Waals surface area contributed by atoms with E-state index >= 15 is 0 Å². The Balaban J connectivity index is 1.32. The van der Waals surface area contributed by atoms with Crippen molar-refractivity contribution in [3.63, 3.8) is 0 Å². The molecule has 4 aromatic rings. The number of amides is 1. The van der Waals surface area contributed by atoms with Crippen LogP contribution in [0.15, 0.2) is 65.6 Å². The van der Waals surface area contributed by atoms with Crippen LogP contribution in [0.5, 0.6) is 0 Å². The predicted molar refractivity (Wildman–Crippen MR) is 130 cm³/mol. The van der Waals surface area contributed by atoms with Crippen molar-refractivity contribution in [1.29, 1.82) is 0 Å². The molecule has 0 aliphatic carbocycles. The molecule has 168 valence electrons. The third-order valence-electron chi connectivity index (χ3n) is 6.80. The van der Waals surface area contributed by atoms with Crippen LogP contribution >= 0.6 is 0 Å². The van der Waals surface area contributed by atoms with E-state index < -0.39 is 0 Å². The number of carbonyl (C=O) groups excluding carboxylic acids is 1. The Morgan fingerprint density at radius 3 is 2.48 bits per heavy atom. The SMILES string of the molecule is Cc1c2cnn(-c3ccccc3)c(=O)c2c(C)n1CCCC(=O)N1CCc2ccccc2C1. The lowest BCUT2D eigenvalue weighted by Crippen LogP contribution is -2.35. The molecule has 0 unspecified atom stereocenters. The first kappa shape index (κ1) is 21.2. The number of nitrogens with zero attached hydrogens (tertiary/aromatic N) is 4. The van der Waals surface area contributed by atoms with E-state index in [1.165, 1.54) is 15.8 Å². The monoisotopic (exact) mass is 440 g/mol. The summed E-state index contributed by atoms with van der Waals surface area (Å²) in [5.74, 6) is 0.199. The van der Waals surface area contributed by atoms with Crippen molar-refractivity contribution >= 4 is 16.7 Å². The molecular weight excluding hydrogens is 412 g/mol. The van der Waals surface area contributed by atoms with Crippen LogP contribution in [0.4, 0.5) is 0 Å². The maximum atomic E-state index is 13.2. The second kappa shape index (κ2) is 8.70. The Labute approximate surface area is 193 Å². The maximum absolute atomic E-state index is 13.2. The fraction of sp³-hybridized carbons (Fsp3) is 0.296. The summed E-state index contributed by atoms with van der Waals surface area (Å²) in [4.78, 5) is 28.0. The van der Waals surface area contributed by atoms with Gasteiger partial charge in [-0.3, -0.25) is 9.59 Å². The molecule has 0 saturated carbocycles. The third kappa shape index (κ3) is 3.86. The first-order valence-electron chi connectivity index (χ1n) is 11.5. The largest absolute Gasteiger partial charge is 0.348 e. The summed E-state index contributed by atoms with van der Waals surface area (Å²) in [6, 6.07) is 17.8. The molecule has 0 bridgehead atoms. The van der Waals surface area contributed by atoms with E-state index in [9.17, 15) is 9.59 Å². The van der Waals surface area contributed by atoms with Gasteiger partial charge in [-0.1, -0.05) is 42.5 Å². The molecule has 0 fully saturated rings. The van der Waals surface area contributed by atoms with Gasteiger partial charge in [0.15, 0.2) is 0 Å². The molecule has 0 spiro atoms. The molecule has 0 atom stereocenters. The van der Waals surface area contributed by atoms with Gasteiger partial charge in [-0.15, -0.1) is 0 Å². The topological polar surface area (TPSA) is 60.1 Å². The predicted octanol–water partition coefficient (Wildman–Crippen LogP) is 4.17. The van der Waals surface area contributed by atoms with Gasteiger partial charge in [0.2, 0.25) is 5.91 Å². The van der Waals surface area contributed by atoms with E-state index in [0.29, 0.717) is 24.9 Å². The van der Waals surface area contributed by atoms with Crippen molar-refractivity contribution in [2.24, 2.45) is 0 Å². The summed E-state index contributed by atoms with van der Waals surface area (Å²) in [5.41, 5.74) is 5.19. The van der Waals surface area contributed by atoms with Crippen LogP contribution in [0, 0.1) is 13.8 Å². The van der Waals surface area contributed by atoms with Crippen LogP contribution in [-0.2, 0) is 24.3 Å². The molecular formula is C27H28N4O2. The van der Waals surface area contributed by atoms with Gasteiger partial charge in [0.25, 0.3) is 5.56 Å². The molecule has 33 heavy (non-hydrogen) atoms. The number of hydrogen-bond acceptors (Lipinski definition) is 3. The second-order valence-corrected chi connectivity index (χ2v) is 8.75. The van der Waals surface area contributed by atoms with E-state index in [1.807, 2.05) is 55.1 Å². The van der Waals surface area contributed by atoms with Crippen molar-refractivity contribution in [3.05, 3.63) is 93.7 Å². The van der Waals surface area contributed by atoms with Crippen molar-refractivity contribution in [2.75, 3.05) is 6.54 Å². The van der Waals surface area contributed by atoms with Crippen LogP contribution in [0.2, 0.25) is 0 Å². The molecule has 1 amide bonds. The lowest BCUT2D eigenvalue weighted by molar-refractivity contribution is -0.132. The van der Waals surface area contributed by atoms with Gasteiger partial charge in [0.05, 0.1) is 17.3 Å². The molecule has 0 saturated heterocycles. The van der Waals surface area contributed by atoms with Crippen LogP contribution in [0.25, 0.3) is 16.5 Å². The van der Waals surface area contributed by atoms with Gasteiger partial charge >= 0.3 is 0 Å². The summed E-state index contributed by atoms with van der Waals surface area (Å²) in [6.07, 6.45) is 3.94. The zero-order valence-corrected chi connectivity index (χ0v) is 19.1. The average Bonchev–Trinajstić information content (AvgIpc) is 3.09. The molecule has 2 aromatic heterocycles. The first-order chi connectivity index (χ1) is 16.0. The van der Waals surface area contributed by atoms with Crippen molar-refractivity contribution in [3.8, 4) is 5.69 Å².